The van der Waals surface area contributed by atoms with Crippen molar-refractivity contribution in [2.75, 3.05) is 39.4 Å². The highest BCUT2D eigenvalue weighted by Gasteiger charge is 2.41. The van der Waals surface area contributed by atoms with E-state index < -0.39 is 5.79 Å². The molecule has 1 amide bonds. The Balaban J connectivity index is 1.55. The van der Waals surface area contributed by atoms with E-state index in [0.717, 1.165) is 32.5 Å². The third kappa shape index (κ3) is 2.38. The Kier molecular flexibility index (Phi) is 2.94. The highest BCUT2D eigenvalue weighted by molar-refractivity contribution is 5.69. The number of ether oxygens (including phenoxy) is 3. The third-order valence-electron chi connectivity index (χ3n) is 3.52. The zero-order chi connectivity index (χ0) is 11.7. The number of cyclic esters (lactones) is 1. The second kappa shape index (κ2) is 4.44. The van der Waals surface area contributed by atoms with Crippen molar-refractivity contribution in [3.05, 3.63) is 0 Å². The van der Waals surface area contributed by atoms with Crippen LogP contribution < -0.4 is 5.32 Å². The van der Waals surface area contributed by atoms with Crippen molar-refractivity contribution in [3.63, 3.8) is 0 Å². The summed E-state index contributed by atoms with van der Waals surface area (Å²) in [4.78, 5) is 13.2. The summed E-state index contributed by atoms with van der Waals surface area (Å²) >= 11 is 0. The molecule has 3 aliphatic heterocycles. The maximum atomic E-state index is 10.9. The van der Waals surface area contributed by atoms with E-state index in [-0.39, 0.29) is 12.2 Å². The fourth-order valence-corrected chi connectivity index (χ4v) is 2.78. The number of hydrogen-bond acceptors (Lipinski definition) is 5. The van der Waals surface area contributed by atoms with Crippen molar-refractivity contribution in [1.29, 1.82) is 0 Å². The number of likely N-dealkylation sites (tertiary alicyclic amines) is 1. The molecule has 3 saturated heterocycles. The molecule has 0 aromatic carbocycles. The molecule has 1 spiro atoms. The van der Waals surface area contributed by atoms with E-state index >= 15 is 0 Å². The average Bonchev–Trinajstić information content (AvgIpc) is 2.89. The maximum absolute atomic E-state index is 10.9. The summed E-state index contributed by atoms with van der Waals surface area (Å²) in [7, 11) is 0. The smallest absolute Gasteiger partial charge is 0.407 e. The van der Waals surface area contributed by atoms with E-state index in [4.69, 9.17) is 14.2 Å². The van der Waals surface area contributed by atoms with Crippen LogP contribution in [0.1, 0.15) is 12.8 Å². The Labute approximate surface area is 100 Å². The first-order valence-corrected chi connectivity index (χ1v) is 6.21. The minimum atomic E-state index is -0.395. The van der Waals surface area contributed by atoms with E-state index in [0.29, 0.717) is 19.8 Å². The second-order valence-corrected chi connectivity index (χ2v) is 4.85. The van der Waals surface area contributed by atoms with Gasteiger partial charge < -0.3 is 19.5 Å². The third-order valence-corrected chi connectivity index (χ3v) is 3.52. The number of hydrogen-bond donors (Lipinski definition) is 1. The number of carbonyl (C=O) groups is 1. The number of nitrogens with one attached hydrogen (secondary N) is 1. The lowest BCUT2D eigenvalue weighted by atomic mass is 10.0. The van der Waals surface area contributed by atoms with Crippen molar-refractivity contribution in [2.24, 2.45) is 0 Å². The van der Waals surface area contributed by atoms with Crippen LogP contribution >= 0.6 is 0 Å². The number of alkyl carbamates (subject to hydrolysis) is 1. The Hall–Kier alpha value is -0.850. The molecule has 1 atom stereocenters. The van der Waals surface area contributed by atoms with Crippen molar-refractivity contribution in [3.8, 4) is 0 Å². The molecule has 3 aliphatic rings. The number of nitrogens with zero attached hydrogens (tertiary/aromatic N) is 1. The first-order chi connectivity index (χ1) is 8.26. The molecule has 0 aliphatic carbocycles. The molecular weight excluding hydrogens is 224 g/mol. The zero-order valence-corrected chi connectivity index (χ0v) is 9.81. The van der Waals surface area contributed by atoms with Gasteiger partial charge in [0.25, 0.3) is 0 Å². The second-order valence-electron chi connectivity index (χ2n) is 4.85. The van der Waals surface area contributed by atoms with E-state index in [1.165, 1.54) is 0 Å². The van der Waals surface area contributed by atoms with Crippen molar-refractivity contribution < 1.29 is 19.0 Å². The van der Waals surface area contributed by atoms with Crippen LogP contribution in [0.5, 0.6) is 0 Å². The molecule has 3 heterocycles. The standard InChI is InChI=1S/C11H18N2O4/c14-10-12-6-9(17-10)7-13-3-1-2-11(8-13)15-4-5-16-11/h9H,1-8H2,(H,12,14). The Morgan fingerprint density at radius 3 is 2.94 bits per heavy atom. The van der Waals surface area contributed by atoms with Gasteiger partial charge in [-0.25, -0.2) is 4.79 Å². The number of piperidine rings is 1. The van der Waals surface area contributed by atoms with Gasteiger partial charge in [-0.3, -0.25) is 4.90 Å². The molecule has 1 N–H and O–H groups in total. The van der Waals surface area contributed by atoms with E-state index in [9.17, 15) is 4.79 Å². The molecule has 3 fully saturated rings. The molecule has 6 heteroatoms. The largest absolute Gasteiger partial charge is 0.443 e. The van der Waals surface area contributed by atoms with Crippen molar-refractivity contribution >= 4 is 6.09 Å². The van der Waals surface area contributed by atoms with Gasteiger partial charge in [-0.15, -0.1) is 0 Å². The van der Waals surface area contributed by atoms with Crippen LogP contribution in [-0.4, -0.2) is 62.3 Å². The minimum Gasteiger partial charge on any atom is -0.443 e. The predicted molar refractivity (Wildman–Crippen MR) is 58.6 cm³/mol. The fraction of sp³-hybridized carbons (Fsp3) is 0.909. The van der Waals surface area contributed by atoms with Crippen LogP contribution in [0.25, 0.3) is 0 Å². The summed E-state index contributed by atoms with van der Waals surface area (Å²) in [6, 6.07) is 0. The monoisotopic (exact) mass is 242 g/mol. The summed E-state index contributed by atoms with van der Waals surface area (Å²) in [6.45, 7) is 4.53. The Morgan fingerprint density at radius 1 is 1.41 bits per heavy atom. The van der Waals surface area contributed by atoms with Crippen molar-refractivity contribution in [2.45, 2.75) is 24.7 Å². The molecule has 17 heavy (non-hydrogen) atoms. The Morgan fingerprint density at radius 2 is 2.24 bits per heavy atom. The van der Waals surface area contributed by atoms with Crippen LogP contribution in [0.4, 0.5) is 4.79 Å². The SMILES string of the molecule is O=C1NCC(CN2CCCC3(C2)OCCO3)O1. The van der Waals surface area contributed by atoms with Gasteiger partial charge in [-0.1, -0.05) is 0 Å². The summed E-state index contributed by atoms with van der Waals surface area (Å²) in [5.74, 6) is -0.395. The summed E-state index contributed by atoms with van der Waals surface area (Å²) in [5.41, 5.74) is 0. The molecule has 0 aromatic heterocycles. The number of rotatable bonds is 2. The lowest BCUT2D eigenvalue weighted by molar-refractivity contribution is -0.190. The zero-order valence-electron chi connectivity index (χ0n) is 9.81. The van der Waals surface area contributed by atoms with Crippen LogP contribution in [0, 0.1) is 0 Å². The number of carbonyl (C=O) groups excluding carboxylic acids is 1. The highest BCUT2D eigenvalue weighted by atomic mass is 16.7. The molecule has 0 bridgehead atoms. The van der Waals surface area contributed by atoms with Crippen LogP contribution in [0.3, 0.4) is 0 Å². The van der Waals surface area contributed by atoms with Crippen LogP contribution in [0.15, 0.2) is 0 Å². The molecule has 0 radical (unpaired) electrons. The van der Waals surface area contributed by atoms with Gasteiger partial charge in [-0.2, -0.15) is 0 Å². The van der Waals surface area contributed by atoms with Gasteiger partial charge >= 0.3 is 6.09 Å². The molecule has 0 saturated carbocycles. The fourth-order valence-electron chi connectivity index (χ4n) is 2.78. The highest BCUT2D eigenvalue weighted by Crippen LogP contribution is 2.30. The maximum Gasteiger partial charge on any atom is 0.407 e. The first-order valence-electron chi connectivity index (χ1n) is 6.21. The van der Waals surface area contributed by atoms with Gasteiger partial charge in [0.1, 0.15) is 6.10 Å². The molecular formula is C11H18N2O4. The number of amides is 1. The molecule has 6 nitrogen and oxygen atoms in total. The quantitative estimate of drug-likeness (QED) is 0.734. The van der Waals surface area contributed by atoms with Gasteiger partial charge in [-0.05, 0) is 13.0 Å². The molecule has 0 aromatic rings. The van der Waals surface area contributed by atoms with Gasteiger partial charge in [0.2, 0.25) is 0 Å². The van der Waals surface area contributed by atoms with Crippen LogP contribution in [-0.2, 0) is 14.2 Å². The lowest BCUT2D eigenvalue weighted by Gasteiger charge is -2.39. The first kappa shape index (κ1) is 11.3. The Bertz CT molecular complexity index is 304. The van der Waals surface area contributed by atoms with E-state index in [1.807, 2.05) is 0 Å². The molecule has 1 unspecified atom stereocenters. The minimum absolute atomic E-state index is 0.0425. The predicted octanol–water partition coefficient (Wildman–Crippen LogP) is -0.0663. The van der Waals surface area contributed by atoms with E-state index in [1.54, 1.807) is 0 Å². The summed E-state index contributed by atoms with van der Waals surface area (Å²) < 4.78 is 16.6. The lowest BCUT2D eigenvalue weighted by Crippen LogP contribution is -2.51. The normalized spacial score (nSPS) is 32.7. The average molecular weight is 242 g/mol. The van der Waals surface area contributed by atoms with Crippen LogP contribution in [0.2, 0.25) is 0 Å². The van der Waals surface area contributed by atoms with Gasteiger partial charge in [0.05, 0.1) is 26.3 Å². The van der Waals surface area contributed by atoms with Gasteiger partial charge in [0, 0.05) is 13.0 Å². The van der Waals surface area contributed by atoms with Gasteiger partial charge in [0.15, 0.2) is 5.79 Å². The summed E-state index contributed by atoms with van der Waals surface area (Å²) in [6.07, 6.45) is 1.68. The molecule has 3 rings (SSSR count). The topological polar surface area (TPSA) is 60.0 Å². The molecule has 96 valence electrons. The van der Waals surface area contributed by atoms with Crippen molar-refractivity contribution in [1.82, 2.24) is 10.2 Å². The summed E-state index contributed by atoms with van der Waals surface area (Å²) in [5, 5.41) is 2.67. The van der Waals surface area contributed by atoms with E-state index in [2.05, 4.69) is 10.2 Å².